The number of halogens is 2. The largest absolute Gasteiger partial charge is 0.392 e. The lowest BCUT2D eigenvalue weighted by atomic mass is 9.95. The molecule has 1 fully saturated rings. The molecule has 88 valence electrons. The fraction of sp³-hybridized carbons (Fsp3) is 0.500. The van der Waals surface area contributed by atoms with E-state index in [-0.39, 0.29) is 10.9 Å². The average molecular weight is 245 g/mol. The molecule has 2 nitrogen and oxygen atoms in total. The summed E-state index contributed by atoms with van der Waals surface area (Å²) in [4.78, 5) is 0. The maximum absolute atomic E-state index is 12.9. The molecule has 1 heterocycles. The summed E-state index contributed by atoms with van der Waals surface area (Å²) in [6, 6.07) is 4.55. The van der Waals surface area contributed by atoms with E-state index in [1.54, 1.807) is 12.1 Å². The van der Waals surface area contributed by atoms with Gasteiger partial charge in [-0.3, -0.25) is 0 Å². The molecule has 0 spiro atoms. The highest BCUT2D eigenvalue weighted by Gasteiger charge is 2.24. The summed E-state index contributed by atoms with van der Waals surface area (Å²) in [6.07, 6.45) is 0.938. The molecule has 2 atom stereocenters. The molecular weight excluding hydrogens is 231 g/mol. The van der Waals surface area contributed by atoms with Gasteiger partial charge in [0.25, 0.3) is 0 Å². The molecule has 4 heteroatoms. The van der Waals surface area contributed by atoms with Gasteiger partial charge in [0, 0.05) is 12.5 Å². The van der Waals surface area contributed by atoms with Crippen molar-refractivity contribution in [1.82, 2.24) is 0 Å². The first-order valence-electron chi connectivity index (χ1n) is 5.36. The summed E-state index contributed by atoms with van der Waals surface area (Å²) < 4.78 is 18.1. The Morgan fingerprint density at radius 2 is 2.38 bits per heavy atom. The van der Waals surface area contributed by atoms with Crippen LogP contribution in [0.2, 0.25) is 5.02 Å². The molecule has 0 aromatic heterocycles. The van der Waals surface area contributed by atoms with E-state index in [0.717, 1.165) is 12.0 Å². The molecule has 2 rings (SSSR count). The number of benzene rings is 1. The summed E-state index contributed by atoms with van der Waals surface area (Å²) in [6.45, 7) is 1.32. The quantitative estimate of drug-likeness (QED) is 0.885. The molecule has 1 aromatic rings. The molecule has 0 bridgehead atoms. The van der Waals surface area contributed by atoms with Gasteiger partial charge in [0.05, 0.1) is 17.7 Å². The summed E-state index contributed by atoms with van der Waals surface area (Å²) in [5.41, 5.74) is 0.853. The zero-order valence-electron chi connectivity index (χ0n) is 8.83. The van der Waals surface area contributed by atoms with Crippen LogP contribution in [0, 0.1) is 11.7 Å². The van der Waals surface area contributed by atoms with Crippen molar-refractivity contribution in [2.24, 2.45) is 5.92 Å². The van der Waals surface area contributed by atoms with Crippen LogP contribution in [0.1, 0.15) is 12.0 Å². The molecule has 1 aromatic carbocycles. The number of aliphatic hydroxyl groups excluding tert-OH is 1. The van der Waals surface area contributed by atoms with Crippen LogP contribution in [-0.4, -0.2) is 24.4 Å². The van der Waals surface area contributed by atoms with Crippen LogP contribution in [0.5, 0.6) is 0 Å². The topological polar surface area (TPSA) is 29.5 Å². The second kappa shape index (κ2) is 5.13. The Balaban J connectivity index is 1.99. The number of hydrogen-bond acceptors (Lipinski definition) is 2. The predicted octanol–water partition coefficient (Wildman–Crippen LogP) is 2.42. The second-order valence-corrected chi connectivity index (χ2v) is 4.55. The van der Waals surface area contributed by atoms with Crippen LogP contribution in [0.25, 0.3) is 0 Å². The van der Waals surface area contributed by atoms with E-state index >= 15 is 0 Å². The van der Waals surface area contributed by atoms with E-state index in [9.17, 15) is 9.50 Å². The van der Waals surface area contributed by atoms with Gasteiger partial charge < -0.3 is 9.84 Å². The highest BCUT2D eigenvalue weighted by Crippen LogP contribution is 2.22. The van der Waals surface area contributed by atoms with Crippen LogP contribution in [0.4, 0.5) is 4.39 Å². The standard InChI is InChI=1S/C12H14ClFO2/c13-10-5-8(1-2-11(10)14)6-12(15)9-3-4-16-7-9/h1-2,5,9,12,15H,3-4,6-7H2. The molecule has 1 aliphatic rings. The summed E-state index contributed by atoms with van der Waals surface area (Å²) in [7, 11) is 0. The minimum absolute atomic E-state index is 0.104. The number of hydrogen-bond donors (Lipinski definition) is 1. The van der Waals surface area contributed by atoms with Crippen molar-refractivity contribution in [3.63, 3.8) is 0 Å². The van der Waals surface area contributed by atoms with Gasteiger partial charge >= 0.3 is 0 Å². The third-order valence-electron chi connectivity index (χ3n) is 2.94. The van der Waals surface area contributed by atoms with Gasteiger partial charge in [-0.25, -0.2) is 4.39 Å². The first kappa shape index (κ1) is 11.8. The van der Waals surface area contributed by atoms with Crippen molar-refractivity contribution in [3.05, 3.63) is 34.6 Å². The SMILES string of the molecule is OC(Cc1ccc(F)c(Cl)c1)C1CCOC1. The number of rotatable bonds is 3. The van der Waals surface area contributed by atoms with Crippen LogP contribution in [-0.2, 0) is 11.2 Å². The van der Waals surface area contributed by atoms with Gasteiger partial charge in [0.2, 0.25) is 0 Å². The average Bonchev–Trinajstić information content (AvgIpc) is 2.77. The molecule has 16 heavy (non-hydrogen) atoms. The van der Waals surface area contributed by atoms with E-state index < -0.39 is 11.9 Å². The predicted molar refractivity (Wildman–Crippen MR) is 60.0 cm³/mol. The first-order valence-corrected chi connectivity index (χ1v) is 5.74. The lowest BCUT2D eigenvalue weighted by molar-refractivity contribution is 0.0918. The Labute approximate surface area is 99.0 Å². The van der Waals surface area contributed by atoms with Gasteiger partial charge in [0.15, 0.2) is 0 Å². The lowest BCUT2D eigenvalue weighted by Crippen LogP contribution is -2.23. The van der Waals surface area contributed by atoms with Crippen molar-refractivity contribution in [2.45, 2.75) is 18.9 Å². The highest BCUT2D eigenvalue weighted by atomic mass is 35.5. The number of aliphatic hydroxyl groups is 1. The van der Waals surface area contributed by atoms with E-state index in [1.165, 1.54) is 6.07 Å². The van der Waals surface area contributed by atoms with Gasteiger partial charge in [-0.15, -0.1) is 0 Å². The summed E-state index contributed by atoms with van der Waals surface area (Å²) >= 11 is 5.68. The van der Waals surface area contributed by atoms with Gasteiger partial charge in [-0.1, -0.05) is 17.7 Å². The molecule has 0 amide bonds. The third-order valence-corrected chi connectivity index (χ3v) is 3.23. The third kappa shape index (κ3) is 2.73. The molecular formula is C12H14ClFO2. The molecule has 1 N–H and O–H groups in total. The Bertz CT molecular complexity index is 364. The van der Waals surface area contributed by atoms with E-state index in [2.05, 4.69) is 0 Å². The molecule has 0 radical (unpaired) electrons. The zero-order valence-corrected chi connectivity index (χ0v) is 9.58. The lowest BCUT2D eigenvalue weighted by Gasteiger charge is -2.16. The second-order valence-electron chi connectivity index (χ2n) is 4.14. The summed E-state index contributed by atoms with van der Waals surface area (Å²) in [5.74, 6) is -0.243. The van der Waals surface area contributed by atoms with E-state index in [0.29, 0.717) is 19.6 Å². The summed E-state index contributed by atoms with van der Waals surface area (Å²) in [5, 5.41) is 10.0. The Morgan fingerprint density at radius 1 is 1.56 bits per heavy atom. The number of ether oxygens (including phenoxy) is 1. The van der Waals surface area contributed by atoms with Crippen LogP contribution in [0.15, 0.2) is 18.2 Å². The van der Waals surface area contributed by atoms with Crippen molar-refractivity contribution < 1.29 is 14.2 Å². The molecule has 2 unspecified atom stereocenters. The Morgan fingerprint density at radius 3 is 3.00 bits per heavy atom. The molecule has 1 aliphatic heterocycles. The fourth-order valence-corrected chi connectivity index (χ4v) is 2.13. The van der Waals surface area contributed by atoms with Crippen molar-refractivity contribution in [2.75, 3.05) is 13.2 Å². The van der Waals surface area contributed by atoms with Crippen LogP contribution in [0.3, 0.4) is 0 Å². The van der Waals surface area contributed by atoms with Crippen LogP contribution >= 0.6 is 11.6 Å². The maximum Gasteiger partial charge on any atom is 0.141 e. The Hall–Kier alpha value is -0.640. The smallest absolute Gasteiger partial charge is 0.141 e. The minimum Gasteiger partial charge on any atom is -0.392 e. The fourth-order valence-electron chi connectivity index (χ4n) is 1.93. The van der Waals surface area contributed by atoms with Gasteiger partial charge in [-0.2, -0.15) is 0 Å². The van der Waals surface area contributed by atoms with Crippen LogP contribution < -0.4 is 0 Å². The molecule has 1 saturated heterocycles. The van der Waals surface area contributed by atoms with E-state index in [4.69, 9.17) is 16.3 Å². The molecule has 0 saturated carbocycles. The monoisotopic (exact) mass is 244 g/mol. The minimum atomic E-state index is -0.441. The van der Waals surface area contributed by atoms with Gasteiger partial charge in [-0.05, 0) is 30.5 Å². The van der Waals surface area contributed by atoms with E-state index in [1.807, 2.05) is 0 Å². The van der Waals surface area contributed by atoms with Crippen molar-refractivity contribution in [3.8, 4) is 0 Å². The maximum atomic E-state index is 12.9. The van der Waals surface area contributed by atoms with Gasteiger partial charge in [0.1, 0.15) is 5.82 Å². The Kier molecular flexibility index (Phi) is 3.79. The highest BCUT2D eigenvalue weighted by molar-refractivity contribution is 6.30. The zero-order chi connectivity index (χ0) is 11.5. The first-order chi connectivity index (χ1) is 7.66. The normalized spacial score (nSPS) is 22.3. The van der Waals surface area contributed by atoms with Crippen molar-refractivity contribution >= 4 is 11.6 Å². The molecule has 0 aliphatic carbocycles. The van der Waals surface area contributed by atoms with Crippen molar-refractivity contribution in [1.29, 1.82) is 0 Å².